The lowest BCUT2D eigenvalue weighted by Crippen LogP contribution is -1.78. The Balaban J connectivity index is 0.000000360. The van der Waals surface area contributed by atoms with Crippen molar-refractivity contribution in [3.05, 3.63) is 21.8 Å². The second kappa shape index (κ2) is 2.82. The van der Waals surface area contributed by atoms with Crippen molar-refractivity contribution < 1.29 is 0 Å². The molecule has 0 bridgehead atoms. The van der Waals surface area contributed by atoms with Crippen molar-refractivity contribution in [1.29, 1.82) is 0 Å². The van der Waals surface area contributed by atoms with Gasteiger partial charge >= 0.3 is 0 Å². The summed E-state index contributed by atoms with van der Waals surface area (Å²) in [5.41, 5.74) is 0. The lowest BCUT2D eigenvalue weighted by Gasteiger charge is -1.47. The lowest BCUT2D eigenvalue weighted by molar-refractivity contribution is 1.58. The van der Waals surface area contributed by atoms with Crippen LogP contribution in [0.15, 0.2) is 17.1 Å². The first-order chi connectivity index (χ1) is 2.89. The number of rotatable bonds is 0. The number of aromatic amines is 1. The Labute approximate surface area is 50.7 Å². The molecule has 0 spiro atoms. The molecule has 1 heterocycles. The van der Waals surface area contributed by atoms with E-state index >= 15 is 0 Å². The molecule has 0 aromatic carbocycles. The van der Waals surface area contributed by atoms with Crippen LogP contribution in [0.5, 0.6) is 0 Å². The number of aromatic nitrogens is 1. The fraction of sp³-hybridized carbons (Fsp3) is 0. The van der Waals surface area contributed by atoms with Gasteiger partial charge in [0, 0.05) is 12.3 Å². The van der Waals surface area contributed by atoms with Gasteiger partial charge < -0.3 is 4.37 Å². The second-order valence-corrected chi connectivity index (χ2v) is 1.71. The van der Waals surface area contributed by atoms with Crippen LogP contribution in [-0.4, -0.2) is 4.37 Å². The van der Waals surface area contributed by atoms with Crippen molar-refractivity contribution in [2.24, 2.45) is 0 Å². The molecule has 0 saturated heterocycles. The van der Waals surface area contributed by atoms with Gasteiger partial charge in [0.25, 0.3) is 0 Å². The Kier molecular flexibility index (Phi) is 2.71. The van der Waals surface area contributed by atoms with E-state index in [-0.39, 0.29) is 17.1 Å². The van der Waals surface area contributed by atoms with E-state index in [1.54, 1.807) is 6.20 Å². The van der Waals surface area contributed by atoms with Gasteiger partial charge in [-0.3, -0.25) is 4.79 Å². The van der Waals surface area contributed by atoms with Crippen LogP contribution >= 0.6 is 23.9 Å². The summed E-state index contributed by atoms with van der Waals surface area (Å²) in [7, 11) is 0. The molecule has 1 aromatic rings. The normalized spacial score (nSPS) is 7.43. The molecule has 0 radical (unpaired) electrons. The van der Waals surface area contributed by atoms with Crippen LogP contribution in [0.1, 0.15) is 0 Å². The minimum Gasteiger partial charge on any atom is -0.315 e. The van der Waals surface area contributed by atoms with Gasteiger partial charge in [0.1, 0.15) is 0 Å². The second-order valence-electron chi connectivity index (χ2n) is 0.872. The highest BCUT2D eigenvalue weighted by atomic mass is 35.5. The van der Waals surface area contributed by atoms with Gasteiger partial charge in [0.15, 0.2) is 0 Å². The van der Waals surface area contributed by atoms with E-state index in [1.807, 2.05) is 0 Å². The maximum atomic E-state index is 10.1. The van der Waals surface area contributed by atoms with Gasteiger partial charge in [0.05, 0.1) is 0 Å². The molecule has 1 N–H and O–H groups in total. The zero-order valence-electron chi connectivity index (χ0n) is 3.38. The summed E-state index contributed by atoms with van der Waals surface area (Å²) < 4.78 is 2.74. The molecule has 7 heavy (non-hydrogen) atoms. The predicted molar refractivity (Wildman–Crippen MR) is 32.2 cm³/mol. The molecule has 0 aliphatic carbocycles. The number of halogens is 1. The lowest BCUT2D eigenvalue weighted by atomic mass is 10.8. The Morgan fingerprint density at radius 2 is 2.43 bits per heavy atom. The van der Waals surface area contributed by atoms with E-state index < -0.39 is 0 Å². The van der Waals surface area contributed by atoms with Crippen LogP contribution in [0.2, 0.25) is 0 Å². The van der Waals surface area contributed by atoms with Gasteiger partial charge in [-0.2, -0.15) is 0 Å². The Hall–Kier alpha value is -0.280. The third-order valence-corrected chi connectivity index (χ3v) is 1.04. The monoisotopic (exact) mass is 137 g/mol. The van der Waals surface area contributed by atoms with Crippen molar-refractivity contribution in [2.45, 2.75) is 0 Å². The van der Waals surface area contributed by atoms with E-state index in [0.717, 1.165) is 11.5 Å². The fourth-order valence-electron chi connectivity index (χ4n) is 0.228. The van der Waals surface area contributed by atoms with Crippen LogP contribution in [0, 0.1) is 0 Å². The quantitative estimate of drug-likeness (QED) is 0.565. The average Bonchev–Trinajstić information content (AvgIpc) is 1.86. The molecule has 0 unspecified atom stereocenters. The van der Waals surface area contributed by atoms with Gasteiger partial charge in [-0.25, -0.2) is 0 Å². The molecule has 0 amide bonds. The average molecular weight is 138 g/mol. The van der Waals surface area contributed by atoms with Gasteiger partial charge in [-0.1, -0.05) is 0 Å². The smallest absolute Gasteiger partial charge is 0.249 e. The van der Waals surface area contributed by atoms with Gasteiger partial charge in [-0.15, -0.1) is 12.4 Å². The van der Waals surface area contributed by atoms with Gasteiger partial charge in [0.2, 0.25) is 4.74 Å². The van der Waals surface area contributed by atoms with Crippen LogP contribution in [0.25, 0.3) is 0 Å². The van der Waals surface area contributed by atoms with Crippen LogP contribution in [0.3, 0.4) is 0 Å². The topological polar surface area (TPSA) is 32.9 Å². The largest absolute Gasteiger partial charge is 0.315 e. The first-order valence-electron chi connectivity index (χ1n) is 1.52. The number of hydrogen-bond acceptors (Lipinski definition) is 2. The molecule has 0 saturated carbocycles. The zero-order valence-corrected chi connectivity index (χ0v) is 5.01. The molecule has 1 rings (SSSR count). The molecular weight excluding hydrogens is 134 g/mol. The highest BCUT2D eigenvalue weighted by Crippen LogP contribution is 1.72. The third-order valence-electron chi connectivity index (χ3n) is 0.447. The zero-order chi connectivity index (χ0) is 4.41. The van der Waals surface area contributed by atoms with E-state index in [0.29, 0.717) is 0 Å². The third kappa shape index (κ3) is 1.75. The summed E-state index contributed by atoms with van der Waals surface area (Å²) in [5, 5.41) is 0. The van der Waals surface area contributed by atoms with Crippen molar-refractivity contribution >= 4 is 23.9 Å². The highest BCUT2D eigenvalue weighted by molar-refractivity contribution is 7.03. The molecule has 40 valence electrons. The number of hydrogen-bond donors (Lipinski definition) is 1. The molecule has 0 aliphatic rings. The highest BCUT2D eigenvalue weighted by Gasteiger charge is 1.73. The van der Waals surface area contributed by atoms with Crippen molar-refractivity contribution in [1.82, 2.24) is 4.37 Å². The summed E-state index contributed by atoms with van der Waals surface area (Å²) in [5.74, 6) is 0. The Morgan fingerprint density at radius 3 is 2.57 bits per heavy atom. The standard InChI is InChI=1S/C3H3NOS.ClH/c5-3-1-2-4-6-3;/h1-2,4H;1H. The maximum absolute atomic E-state index is 10.1. The fourth-order valence-corrected chi connectivity index (χ4v) is 0.616. The molecule has 0 atom stereocenters. The van der Waals surface area contributed by atoms with E-state index in [1.165, 1.54) is 6.07 Å². The van der Waals surface area contributed by atoms with Crippen molar-refractivity contribution in [3.8, 4) is 0 Å². The molecule has 0 fully saturated rings. The Bertz CT molecular complexity index is 153. The molecule has 2 nitrogen and oxygen atoms in total. The minimum absolute atomic E-state index is 0. The van der Waals surface area contributed by atoms with Crippen molar-refractivity contribution in [2.75, 3.05) is 0 Å². The predicted octanol–water partition coefficient (Wildman–Crippen LogP) is 0.858. The van der Waals surface area contributed by atoms with E-state index in [9.17, 15) is 4.79 Å². The minimum atomic E-state index is 0. The SMILES string of the molecule is Cl.O=c1cc[nH]s1. The summed E-state index contributed by atoms with van der Waals surface area (Å²) in [6.45, 7) is 0. The maximum Gasteiger partial charge on any atom is 0.249 e. The number of H-pyrrole nitrogens is 1. The van der Waals surface area contributed by atoms with E-state index in [2.05, 4.69) is 4.37 Å². The van der Waals surface area contributed by atoms with Gasteiger partial charge in [-0.05, 0) is 11.5 Å². The summed E-state index contributed by atoms with van der Waals surface area (Å²) in [6.07, 6.45) is 1.62. The molecule has 4 heteroatoms. The first kappa shape index (κ1) is 6.72. The van der Waals surface area contributed by atoms with Crippen LogP contribution in [-0.2, 0) is 0 Å². The molecule has 1 aromatic heterocycles. The van der Waals surface area contributed by atoms with Crippen LogP contribution in [0.4, 0.5) is 0 Å². The first-order valence-corrected chi connectivity index (χ1v) is 2.34. The van der Waals surface area contributed by atoms with E-state index in [4.69, 9.17) is 0 Å². The Morgan fingerprint density at radius 1 is 1.71 bits per heavy atom. The summed E-state index contributed by atoms with van der Waals surface area (Å²) >= 11 is 1.10. The van der Waals surface area contributed by atoms with Crippen LogP contribution < -0.4 is 4.74 Å². The molecular formula is C3H4ClNOS. The number of nitrogens with one attached hydrogen (secondary N) is 1. The summed E-state index contributed by atoms with van der Waals surface area (Å²) in [4.78, 5) is 10.1. The molecule has 0 aliphatic heterocycles. The van der Waals surface area contributed by atoms with Crippen molar-refractivity contribution in [3.63, 3.8) is 0 Å². The summed E-state index contributed by atoms with van der Waals surface area (Å²) in [6, 6.07) is 1.49.